The first-order valence-corrected chi connectivity index (χ1v) is 11.2. The van der Waals surface area contributed by atoms with Crippen molar-refractivity contribution in [3.8, 4) is 0 Å². The number of nitrogens with zero attached hydrogens (tertiary/aromatic N) is 5. The van der Waals surface area contributed by atoms with Gasteiger partial charge in [0.05, 0.1) is 24.8 Å². The predicted molar refractivity (Wildman–Crippen MR) is 124 cm³/mol. The summed E-state index contributed by atoms with van der Waals surface area (Å²) in [7, 11) is 1.71. The summed E-state index contributed by atoms with van der Waals surface area (Å²) in [5.41, 5.74) is 1.75. The molecule has 0 radical (unpaired) electrons. The minimum atomic E-state index is -0.581. The summed E-state index contributed by atoms with van der Waals surface area (Å²) >= 11 is 0. The number of nitrogens with one attached hydrogen (secondary N) is 1. The highest BCUT2D eigenvalue weighted by atomic mass is 16.2. The Kier molecular flexibility index (Phi) is 5.18. The average molecular weight is 449 g/mol. The van der Waals surface area contributed by atoms with Crippen molar-refractivity contribution < 1.29 is 14.4 Å². The van der Waals surface area contributed by atoms with E-state index in [0.717, 1.165) is 22.0 Å². The van der Waals surface area contributed by atoms with Gasteiger partial charge in [0.1, 0.15) is 12.2 Å². The lowest BCUT2D eigenvalue weighted by Crippen LogP contribution is -2.67. The number of likely N-dealkylation sites (N-methyl/N-ethyl adjacent to an activating group) is 1. The molecule has 0 spiro atoms. The molecular weight excluding hydrogens is 420 g/mol. The summed E-state index contributed by atoms with van der Waals surface area (Å²) in [6.45, 7) is 5.74. The number of amides is 3. The molecule has 0 bridgehead atoms. The molecule has 4 atom stereocenters. The van der Waals surface area contributed by atoms with Gasteiger partial charge in [-0.15, -0.1) is 0 Å². The van der Waals surface area contributed by atoms with Gasteiger partial charge in [0.2, 0.25) is 0 Å². The Hall–Kier alpha value is -3.30. The zero-order valence-electron chi connectivity index (χ0n) is 19.2. The van der Waals surface area contributed by atoms with Crippen LogP contribution in [0.3, 0.4) is 0 Å². The largest absolute Gasteiger partial charge is 0.328 e. The molecule has 1 N–H and O–H groups in total. The van der Waals surface area contributed by atoms with E-state index in [1.807, 2.05) is 61.2 Å². The van der Waals surface area contributed by atoms with Gasteiger partial charge < -0.3 is 4.90 Å². The first kappa shape index (κ1) is 21.5. The van der Waals surface area contributed by atoms with E-state index < -0.39 is 18.5 Å². The molecule has 0 saturated carbocycles. The predicted octanol–water partition coefficient (Wildman–Crippen LogP) is 1.79. The Morgan fingerprint density at radius 2 is 1.85 bits per heavy atom. The van der Waals surface area contributed by atoms with Crippen LogP contribution in [0.4, 0.5) is 4.79 Å². The molecule has 2 aromatic rings. The van der Waals surface area contributed by atoms with Crippen LogP contribution in [0, 0.1) is 0 Å². The third kappa shape index (κ3) is 3.39. The van der Waals surface area contributed by atoms with E-state index in [9.17, 15) is 14.4 Å². The molecule has 3 aliphatic rings. The van der Waals surface area contributed by atoms with Gasteiger partial charge in [-0.2, -0.15) is 5.10 Å². The summed E-state index contributed by atoms with van der Waals surface area (Å²) in [6, 6.07) is 12.8. The first-order valence-electron chi connectivity index (χ1n) is 11.2. The van der Waals surface area contributed by atoms with Crippen molar-refractivity contribution in [2.75, 3.05) is 13.6 Å². The molecule has 2 saturated heterocycles. The van der Waals surface area contributed by atoms with Crippen LogP contribution in [0.15, 0.2) is 47.6 Å². The van der Waals surface area contributed by atoms with Crippen LogP contribution in [-0.2, 0) is 16.1 Å². The van der Waals surface area contributed by atoms with Gasteiger partial charge in [-0.3, -0.25) is 24.8 Å². The second kappa shape index (κ2) is 7.93. The van der Waals surface area contributed by atoms with Crippen molar-refractivity contribution >= 4 is 34.2 Å². The van der Waals surface area contributed by atoms with Crippen LogP contribution in [0.1, 0.15) is 26.3 Å². The molecule has 9 nitrogen and oxygen atoms in total. The Labute approximate surface area is 192 Å². The van der Waals surface area contributed by atoms with Crippen molar-refractivity contribution in [2.45, 2.75) is 51.9 Å². The Bertz CT molecular complexity index is 1170. The fraction of sp³-hybridized carbons (Fsp3) is 0.417. The molecule has 0 aromatic heterocycles. The SMILES string of the molecule is CC(=O)CN1N=C(C)C(C)N2C3C(=O)N(Cc4cccc5ccccc45)C(=O)N(C)C3NC12. The van der Waals surface area contributed by atoms with Crippen LogP contribution in [-0.4, -0.2) is 81.3 Å². The summed E-state index contributed by atoms with van der Waals surface area (Å²) in [6.07, 6.45) is -0.948. The second-order valence-corrected chi connectivity index (χ2v) is 9.05. The highest BCUT2D eigenvalue weighted by molar-refractivity contribution is 6.01. The number of urea groups is 1. The molecule has 172 valence electrons. The Morgan fingerprint density at radius 1 is 1.12 bits per heavy atom. The number of rotatable bonds is 4. The van der Waals surface area contributed by atoms with Crippen LogP contribution in [0.25, 0.3) is 10.8 Å². The molecule has 5 rings (SSSR count). The van der Waals surface area contributed by atoms with Gasteiger partial charge in [-0.25, -0.2) is 9.69 Å². The third-order valence-corrected chi connectivity index (χ3v) is 6.90. The number of hydrazone groups is 1. The van der Waals surface area contributed by atoms with Crippen LogP contribution < -0.4 is 5.32 Å². The highest BCUT2D eigenvalue weighted by Crippen LogP contribution is 2.33. The summed E-state index contributed by atoms with van der Waals surface area (Å²) in [5.74, 6) is -0.263. The number of benzene rings is 2. The van der Waals surface area contributed by atoms with E-state index in [2.05, 4.69) is 10.4 Å². The number of hydrogen-bond donors (Lipinski definition) is 1. The molecule has 4 unspecified atom stereocenters. The molecule has 3 amide bonds. The summed E-state index contributed by atoms with van der Waals surface area (Å²) in [5, 5.41) is 11.7. The number of carbonyl (C=O) groups is 3. The summed E-state index contributed by atoms with van der Waals surface area (Å²) in [4.78, 5) is 43.9. The van der Waals surface area contributed by atoms with Gasteiger partial charge in [0.15, 0.2) is 12.1 Å². The van der Waals surface area contributed by atoms with E-state index in [4.69, 9.17) is 0 Å². The highest BCUT2D eigenvalue weighted by Gasteiger charge is 2.58. The molecular formula is C24H28N6O3. The van der Waals surface area contributed by atoms with Crippen molar-refractivity contribution in [1.29, 1.82) is 0 Å². The lowest BCUT2D eigenvalue weighted by Gasteiger charge is -2.44. The minimum Gasteiger partial charge on any atom is -0.310 e. The molecule has 2 aromatic carbocycles. The fourth-order valence-electron chi connectivity index (χ4n) is 5.14. The van der Waals surface area contributed by atoms with Crippen LogP contribution in [0.5, 0.6) is 0 Å². The lowest BCUT2D eigenvalue weighted by molar-refractivity contribution is -0.140. The first-order chi connectivity index (χ1) is 15.8. The number of carbonyl (C=O) groups excluding carboxylic acids is 3. The van der Waals surface area contributed by atoms with E-state index in [0.29, 0.717) is 0 Å². The monoisotopic (exact) mass is 448 g/mol. The molecule has 2 fully saturated rings. The average Bonchev–Trinajstić information content (AvgIpc) is 3.20. The molecule has 33 heavy (non-hydrogen) atoms. The third-order valence-electron chi connectivity index (χ3n) is 6.90. The molecule has 3 aliphatic heterocycles. The second-order valence-electron chi connectivity index (χ2n) is 9.05. The number of ketones is 1. The molecule has 9 heteroatoms. The molecule has 3 heterocycles. The number of fused-ring (bicyclic) bond motifs is 4. The number of imide groups is 1. The zero-order valence-corrected chi connectivity index (χ0v) is 19.2. The van der Waals surface area contributed by atoms with Crippen molar-refractivity contribution in [3.05, 3.63) is 48.0 Å². The van der Waals surface area contributed by atoms with Crippen LogP contribution in [0.2, 0.25) is 0 Å². The fourth-order valence-corrected chi connectivity index (χ4v) is 5.14. The quantitative estimate of drug-likeness (QED) is 0.767. The topological polar surface area (TPSA) is 88.6 Å². The minimum absolute atomic E-state index is 0.0222. The van der Waals surface area contributed by atoms with Crippen molar-refractivity contribution in [2.24, 2.45) is 5.10 Å². The smallest absolute Gasteiger partial charge is 0.310 e. The standard InChI is InChI=1S/C24H28N6O3/c1-14(31)12-29-23-25-21-20(30(23)16(3)15(2)26-29)22(32)28(24(33)27(21)4)13-18-10-7-9-17-8-5-6-11-19(17)18/h5-11,16,20-21,23,25H,12-13H2,1-4H3. The van der Waals surface area contributed by atoms with Gasteiger partial charge in [0, 0.05) is 7.05 Å². The Balaban J connectivity index is 1.50. The van der Waals surface area contributed by atoms with Crippen molar-refractivity contribution in [1.82, 2.24) is 25.0 Å². The normalized spacial score (nSPS) is 27.6. The van der Waals surface area contributed by atoms with Crippen molar-refractivity contribution in [3.63, 3.8) is 0 Å². The maximum Gasteiger partial charge on any atom is 0.328 e. The lowest BCUT2D eigenvalue weighted by atomic mass is 10.0. The van der Waals surface area contributed by atoms with E-state index in [1.54, 1.807) is 17.0 Å². The van der Waals surface area contributed by atoms with Gasteiger partial charge in [-0.1, -0.05) is 42.5 Å². The van der Waals surface area contributed by atoms with E-state index in [1.165, 1.54) is 11.8 Å². The van der Waals surface area contributed by atoms with E-state index >= 15 is 0 Å². The van der Waals surface area contributed by atoms with Gasteiger partial charge in [0.25, 0.3) is 5.91 Å². The zero-order chi connectivity index (χ0) is 23.4. The van der Waals surface area contributed by atoms with Crippen LogP contribution >= 0.6 is 0 Å². The number of Topliss-reactive ketones (excluding diaryl/α,β-unsaturated/α-hetero) is 1. The molecule has 0 aliphatic carbocycles. The van der Waals surface area contributed by atoms with E-state index in [-0.39, 0.29) is 36.9 Å². The summed E-state index contributed by atoms with van der Waals surface area (Å²) < 4.78 is 0. The Morgan fingerprint density at radius 3 is 2.61 bits per heavy atom. The van der Waals surface area contributed by atoms with Gasteiger partial charge >= 0.3 is 6.03 Å². The number of hydrogen-bond acceptors (Lipinski definition) is 7. The maximum absolute atomic E-state index is 13.8. The van der Waals surface area contributed by atoms with Gasteiger partial charge in [-0.05, 0) is 37.1 Å². The maximum atomic E-state index is 13.8.